The summed E-state index contributed by atoms with van der Waals surface area (Å²) in [5.41, 5.74) is 33.8. The molecule has 13 nitrogen and oxygen atoms in total. The first-order chi connectivity index (χ1) is 68.4. The molecule has 12 heterocycles. The van der Waals surface area contributed by atoms with E-state index < -0.39 is 0 Å². The number of para-hydroxylation sites is 5. The molecule has 0 aliphatic heterocycles. The maximum absolute atomic E-state index is 10.6. The van der Waals surface area contributed by atoms with Crippen LogP contribution in [0.5, 0.6) is 0 Å². The molecule has 0 radical (unpaired) electrons. The number of fused-ring (bicyclic) bond motifs is 44. The normalized spacial score (nSPS) is 12.9. The molecule has 0 saturated carbocycles. The Morgan fingerprint density at radius 3 is 1.14 bits per heavy atom. The molecule has 0 atom stereocenters. The van der Waals surface area contributed by atoms with Crippen molar-refractivity contribution in [1.82, 2.24) is 56.8 Å². The molecule has 12 aromatic heterocycles. The van der Waals surface area contributed by atoms with Crippen molar-refractivity contribution in [2.75, 3.05) is 0 Å². The summed E-state index contributed by atoms with van der Waals surface area (Å²) >= 11 is 0. The largest absolute Gasteiger partial charge is 0.308 e. The summed E-state index contributed by atoms with van der Waals surface area (Å²) in [5, 5.41) is 44.4. The van der Waals surface area contributed by atoms with Crippen LogP contribution in [0.1, 0.15) is 5.82 Å². The quantitative estimate of drug-likeness (QED) is 0.168. The lowest BCUT2D eigenvalue weighted by atomic mass is 9.99. The van der Waals surface area contributed by atoms with E-state index in [1.54, 1.807) is 0 Å². The topological polar surface area (TPSA) is 129 Å². The zero-order valence-electron chi connectivity index (χ0n) is 73.0. The number of aromatic nitrogens is 12. The summed E-state index contributed by atoms with van der Waals surface area (Å²) in [7, 11) is 0. The minimum absolute atomic E-state index is 0.120. The second kappa shape index (κ2) is 24.6. The molecule has 0 saturated heterocycles. The molecule has 0 amide bonds. The predicted molar refractivity (Wildman–Crippen MR) is 567 cm³/mol. The van der Waals surface area contributed by atoms with Gasteiger partial charge in [0.25, 0.3) is 0 Å². The zero-order valence-corrected chi connectivity index (χ0v) is 73.0. The number of hydrogen-bond acceptors (Lipinski definition) is 7. The Balaban J connectivity index is 0.513. The van der Waals surface area contributed by atoms with Gasteiger partial charge in [-0.1, -0.05) is 249 Å². The number of nitriles is 1. The van der Waals surface area contributed by atoms with Crippen LogP contribution in [0.2, 0.25) is 0 Å². The molecule has 0 fully saturated rings. The van der Waals surface area contributed by atoms with Crippen molar-refractivity contribution in [2.24, 2.45) is 0 Å². The number of hydrogen-bond donors (Lipinski definition) is 0. The summed E-state index contributed by atoms with van der Waals surface area (Å²) < 4.78 is 15.0. The second-order valence-corrected chi connectivity index (χ2v) is 38.0. The van der Waals surface area contributed by atoms with E-state index in [4.69, 9.17) is 29.9 Å². The SMILES string of the molecule is N#Cc1nc(-n2c3c4ccccc4ccc3c3cc4c5cc(-c6cnc7c(n6)-c6ccc(-n8c9c%10ccccc%10ccc9c9cc%10c%11cc(-c%12ccc%13nc%14c(nc%13c%12)-c%12ccc(-n%13c%15c%16ccccc%16ccc%15c%15cc%16c%17ccccc%17n%17c%18ccccc%18c(c%15%13)c%16%17)c%13cccc-%14c%12%13)ccc%11n%11c%12ccccc%12c(c98)c%10%11)c8cccc-7c68)ccc5n5c6ccccc6c(c32)c45)c2ccccc2n1. The van der Waals surface area contributed by atoms with Crippen LogP contribution in [-0.4, -0.2) is 56.8 Å². The van der Waals surface area contributed by atoms with Crippen molar-refractivity contribution in [2.45, 2.75) is 0 Å². The van der Waals surface area contributed by atoms with E-state index in [2.05, 4.69) is 379 Å². The Morgan fingerprint density at radius 1 is 0.210 bits per heavy atom. The molecule has 0 bridgehead atoms. The predicted octanol–water partition coefficient (Wildman–Crippen LogP) is 31.4. The van der Waals surface area contributed by atoms with Gasteiger partial charge in [0.05, 0.1) is 145 Å². The second-order valence-electron chi connectivity index (χ2n) is 38.0. The van der Waals surface area contributed by atoms with Gasteiger partial charge in [-0.15, -0.1) is 0 Å². The number of rotatable bonds is 5. The first-order valence-corrected chi connectivity index (χ1v) is 47.1. The molecule has 33 aromatic rings. The molecule has 13 heteroatoms. The maximum atomic E-state index is 10.6. The average molecular weight is 1740 g/mol. The van der Waals surface area contributed by atoms with Gasteiger partial charge in [0.15, 0.2) is 0 Å². The minimum Gasteiger partial charge on any atom is -0.308 e. The number of benzene rings is 21. The smallest absolute Gasteiger partial charge is 0.234 e. The van der Waals surface area contributed by atoms with Crippen molar-refractivity contribution in [3.63, 3.8) is 0 Å². The summed E-state index contributed by atoms with van der Waals surface area (Å²) in [5.74, 6) is 0.790. The van der Waals surface area contributed by atoms with Gasteiger partial charge in [-0.25, -0.2) is 24.9 Å². The standard InChI is InChI=1S/C125H61N13/c126-61-106-128-94-34-12-7-26-76(94)125(132-106)138-118-71-24-6-3-21-65(71)41-47-75(118)91-60-93-87-56-68(44-52-105(87)135-101-38-16-11-29-81(101)111(121(93)135)124(91)138)97-62-127-112-82-32-17-30-77-102(53-48-84(107(77)82)113(112)131-97)136-117-70-23-5-2-20-64(70)40-46-74(117)90-59-92-86-55-66(43-51-104(86)134-100-37-15-10-28-80(100)110(120(92)134)123(90)136)67-42-50-95-96(57-67)130-115-85-49-54-103(78-31-18-33-83(108(78)85)114(115)129-95)137-116-69-22-4-1-19-63(69)39-45-73(116)89-58-88-72-25-8-13-35-98(72)133-99-36-14-9-27-79(99)109(119(88)133)122(89)137/h1-60,62H. The Hall–Kier alpha value is -19.0. The molecular formula is C125H61N13. The summed E-state index contributed by atoms with van der Waals surface area (Å²) in [6.45, 7) is 0. The molecule has 0 unspecified atom stereocenters. The van der Waals surface area contributed by atoms with Crippen LogP contribution in [0.4, 0.5) is 0 Å². The summed E-state index contributed by atoms with van der Waals surface area (Å²) in [6, 6.07) is 137. The van der Waals surface area contributed by atoms with Gasteiger partial charge >= 0.3 is 0 Å². The molecule has 21 aromatic carbocycles. The van der Waals surface area contributed by atoms with E-state index in [1.807, 2.05) is 24.4 Å². The van der Waals surface area contributed by atoms with Crippen LogP contribution in [0.3, 0.4) is 0 Å². The maximum Gasteiger partial charge on any atom is 0.234 e. The van der Waals surface area contributed by atoms with Crippen LogP contribution in [0.15, 0.2) is 370 Å². The molecule has 35 rings (SSSR count). The van der Waals surface area contributed by atoms with Gasteiger partial charge in [-0.2, -0.15) is 5.26 Å². The van der Waals surface area contributed by atoms with Gasteiger partial charge in [0.1, 0.15) is 11.9 Å². The van der Waals surface area contributed by atoms with E-state index >= 15 is 0 Å². The fraction of sp³-hybridized carbons (Fsp3) is 0. The van der Waals surface area contributed by atoms with Crippen LogP contribution >= 0.6 is 0 Å². The lowest BCUT2D eigenvalue weighted by molar-refractivity contribution is 1.05. The highest BCUT2D eigenvalue weighted by molar-refractivity contribution is 6.40. The molecule has 138 heavy (non-hydrogen) atoms. The lowest BCUT2D eigenvalue weighted by Gasteiger charge is -2.15. The van der Waals surface area contributed by atoms with E-state index in [0.29, 0.717) is 11.3 Å². The first kappa shape index (κ1) is 70.8. The Labute approximate surface area is 778 Å². The van der Waals surface area contributed by atoms with Gasteiger partial charge in [0.2, 0.25) is 5.82 Å². The van der Waals surface area contributed by atoms with Crippen LogP contribution in [-0.2, 0) is 0 Å². The third-order valence-electron chi connectivity index (χ3n) is 31.6. The third-order valence-corrected chi connectivity index (χ3v) is 31.6. The highest BCUT2D eigenvalue weighted by Gasteiger charge is 2.36. The van der Waals surface area contributed by atoms with Crippen molar-refractivity contribution in [3.8, 4) is 90.7 Å². The molecule has 2 aliphatic rings. The van der Waals surface area contributed by atoms with Crippen molar-refractivity contribution in [3.05, 3.63) is 376 Å². The van der Waals surface area contributed by atoms with Crippen molar-refractivity contribution in [1.29, 1.82) is 5.26 Å². The summed E-state index contributed by atoms with van der Waals surface area (Å²) in [4.78, 5) is 32.4. The van der Waals surface area contributed by atoms with E-state index in [0.717, 1.165) is 199 Å². The van der Waals surface area contributed by atoms with Gasteiger partial charge in [-0.3, -0.25) is 9.55 Å². The number of nitrogens with zero attached hydrogens (tertiary/aromatic N) is 13. The Bertz CT molecular complexity index is 11700. The fourth-order valence-corrected chi connectivity index (χ4v) is 26.2. The first-order valence-electron chi connectivity index (χ1n) is 47.1. The monoisotopic (exact) mass is 1740 g/mol. The van der Waals surface area contributed by atoms with Crippen molar-refractivity contribution < 1.29 is 0 Å². The van der Waals surface area contributed by atoms with Crippen molar-refractivity contribution >= 4 is 256 Å². The molecule has 0 N–H and O–H groups in total. The Kier molecular flexibility index (Phi) is 12.6. The van der Waals surface area contributed by atoms with Crippen LogP contribution in [0.25, 0.3) is 340 Å². The minimum atomic E-state index is 0.120. The van der Waals surface area contributed by atoms with E-state index in [9.17, 15) is 5.26 Å². The zero-order chi connectivity index (χ0) is 88.9. The van der Waals surface area contributed by atoms with E-state index in [-0.39, 0.29) is 5.82 Å². The molecule has 626 valence electrons. The van der Waals surface area contributed by atoms with E-state index in [1.165, 1.54) is 130 Å². The van der Waals surface area contributed by atoms with Gasteiger partial charge < -0.3 is 22.3 Å². The fourth-order valence-electron chi connectivity index (χ4n) is 26.2. The lowest BCUT2D eigenvalue weighted by Crippen LogP contribution is -2.03. The highest BCUT2D eigenvalue weighted by atomic mass is 15.1. The highest BCUT2D eigenvalue weighted by Crippen LogP contribution is 2.58. The summed E-state index contributed by atoms with van der Waals surface area (Å²) in [6.07, 6.45) is 1.98. The van der Waals surface area contributed by atoms with Gasteiger partial charge in [-0.05, 0) is 143 Å². The van der Waals surface area contributed by atoms with Gasteiger partial charge in [0, 0.05) is 168 Å². The van der Waals surface area contributed by atoms with Crippen LogP contribution < -0.4 is 0 Å². The van der Waals surface area contributed by atoms with Crippen LogP contribution in [0, 0.1) is 11.3 Å². The molecule has 2 aliphatic carbocycles. The molecule has 0 spiro atoms. The third kappa shape index (κ3) is 8.43. The molecular weight excluding hydrogens is 1680 g/mol. The Morgan fingerprint density at radius 2 is 0.601 bits per heavy atom. The average Bonchev–Trinajstić information content (AvgIpc) is 1.51.